The summed E-state index contributed by atoms with van der Waals surface area (Å²) in [6.45, 7) is 7.10. The van der Waals surface area contributed by atoms with Crippen LogP contribution in [0.25, 0.3) is 0 Å². The largest absolute Gasteiger partial charge is 0.330 e. The first kappa shape index (κ1) is 14.4. The summed E-state index contributed by atoms with van der Waals surface area (Å²) in [7, 11) is 0. The van der Waals surface area contributed by atoms with Gasteiger partial charge in [0.2, 0.25) is 0 Å². The predicted molar refractivity (Wildman–Crippen MR) is 79.2 cm³/mol. The Kier molecular flexibility index (Phi) is 4.92. The van der Waals surface area contributed by atoms with Gasteiger partial charge in [0.25, 0.3) is 0 Å². The van der Waals surface area contributed by atoms with E-state index < -0.39 is 0 Å². The fraction of sp³-hybridized carbons (Fsp3) is 0.750. The van der Waals surface area contributed by atoms with E-state index in [-0.39, 0.29) is 5.92 Å². The maximum Gasteiger partial charge on any atom is 0.133 e. The van der Waals surface area contributed by atoms with Gasteiger partial charge in [-0.1, -0.05) is 33.1 Å². The van der Waals surface area contributed by atoms with Gasteiger partial charge in [-0.05, 0) is 31.7 Å². The lowest BCUT2D eigenvalue weighted by molar-refractivity contribution is 0.428. The van der Waals surface area contributed by atoms with E-state index in [0.717, 1.165) is 11.5 Å². The highest BCUT2D eigenvalue weighted by molar-refractivity contribution is 5.17. The zero-order chi connectivity index (χ0) is 13.8. The van der Waals surface area contributed by atoms with Crippen LogP contribution in [0, 0.1) is 12.8 Å². The number of nitrogens with two attached hydrogens (primary N) is 1. The molecule has 1 aromatic rings. The predicted octanol–water partition coefficient (Wildman–Crippen LogP) is 3.53. The fourth-order valence-corrected chi connectivity index (χ4v) is 3.07. The Morgan fingerprint density at radius 3 is 2.47 bits per heavy atom. The molecule has 1 fully saturated rings. The fourth-order valence-electron chi connectivity index (χ4n) is 3.07. The van der Waals surface area contributed by atoms with Crippen molar-refractivity contribution in [3.05, 3.63) is 23.3 Å². The second-order valence-electron chi connectivity index (χ2n) is 6.21. The number of aryl methyl sites for hydroxylation is 1. The van der Waals surface area contributed by atoms with E-state index in [9.17, 15) is 0 Å². The summed E-state index contributed by atoms with van der Waals surface area (Å²) in [5, 5.41) is 0. The number of hydrogen-bond acceptors (Lipinski definition) is 3. The van der Waals surface area contributed by atoms with E-state index in [1.54, 1.807) is 0 Å². The molecule has 1 saturated carbocycles. The Morgan fingerprint density at radius 2 is 1.89 bits per heavy atom. The van der Waals surface area contributed by atoms with Gasteiger partial charge in [0.15, 0.2) is 0 Å². The van der Waals surface area contributed by atoms with Gasteiger partial charge in [0.05, 0.1) is 0 Å². The molecule has 0 saturated heterocycles. The van der Waals surface area contributed by atoms with Crippen molar-refractivity contribution in [3.63, 3.8) is 0 Å². The Labute approximate surface area is 117 Å². The van der Waals surface area contributed by atoms with Gasteiger partial charge in [0.1, 0.15) is 5.82 Å². The second kappa shape index (κ2) is 6.47. The average Bonchev–Trinajstić information content (AvgIpc) is 2.39. The molecule has 1 unspecified atom stereocenters. The molecule has 0 spiro atoms. The van der Waals surface area contributed by atoms with Crippen molar-refractivity contribution in [2.75, 3.05) is 6.54 Å². The summed E-state index contributed by atoms with van der Waals surface area (Å²) in [6, 6.07) is 2.17. The SMILES string of the molecule is Cc1cc(C2CCCCC2)nc(C(CN)C(C)C)n1. The first-order valence-electron chi connectivity index (χ1n) is 7.67. The van der Waals surface area contributed by atoms with E-state index in [2.05, 4.69) is 31.8 Å². The van der Waals surface area contributed by atoms with E-state index in [1.807, 2.05) is 0 Å². The molecule has 3 heteroatoms. The lowest BCUT2D eigenvalue weighted by Gasteiger charge is -2.24. The van der Waals surface area contributed by atoms with Crippen molar-refractivity contribution >= 4 is 0 Å². The van der Waals surface area contributed by atoms with E-state index in [1.165, 1.54) is 37.8 Å². The molecule has 3 nitrogen and oxygen atoms in total. The number of rotatable bonds is 4. The minimum Gasteiger partial charge on any atom is -0.330 e. The average molecular weight is 261 g/mol. The second-order valence-corrected chi connectivity index (χ2v) is 6.21. The highest BCUT2D eigenvalue weighted by Gasteiger charge is 2.22. The van der Waals surface area contributed by atoms with Crippen LogP contribution in [0.15, 0.2) is 6.07 Å². The third-order valence-corrected chi connectivity index (χ3v) is 4.31. The number of aromatic nitrogens is 2. The summed E-state index contributed by atoms with van der Waals surface area (Å²) in [6.07, 6.45) is 6.63. The lowest BCUT2D eigenvalue weighted by Crippen LogP contribution is -2.22. The monoisotopic (exact) mass is 261 g/mol. The molecule has 2 N–H and O–H groups in total. The Balaban J connectivity index is 2.27. The molecule has 106 valence electrons. The quantitative estimate of drug-likeness (QED) is 0.902. The zero-order valence-electron chi connectivity index (χ0n) is 12.5. The summed E-state index contributed by atoms with van der Waals surface area (Å²) in [4.78, 5) is 9.49. The number of nitrogens with zero attached hydrogens (tertiary/aromatic N) is 2. The van der Waals surface area contributed by atoms with Crippen LogP contribution in [0.4, 0.5) is 0 Å². The molecule has 0 aromatic carbocycles. The van der Waals surface area contributed by atoms with Crippen LogP contribution in [0.3, 0.4) is 0 Å². The van der Waals surface area contributed by atoms with Crippen molar-refractivity contribution in [3.8, 4) is 0 Å². The van der Waals surface area contributed by atoms with Crippen LogP contribution < -0.4 is 5.73 Å². The Morgan fingerprint density at radius 1 is 1.21 bits per heavy atom. The summed E-state index contributed by atoms with van der Waals surface area (Å²) >= 11 is 0. The van der Waals surface area contributed by atoms with Crippen LogP contribution in [0.2, 0.25) is 0 Å². The molecule has 1 atom stereocenters. The van der Waals surface area contributed by atoms with Crippen LogP contribution >= 0.6 is 0 Å². The highest BCUT2D eigenvalue weighted by atomic mass is 14.9. The van der Waals surface area contributed by atoms with E-state index >= 15 is 0 Å². The first-order valence-corrected chi connectivity index (χ1v) is 7.67. The summed E-state index contributed by atoms with van der Waals surface area (Å²) in [5.41, 5.74) is 8.24. The van der Waals surface area contributed by atoms with Gasteiger partial charge < -0.3 is 5.73 Å². The van der Waals surface area contributed by atoms with Crippen molar-refractivity contribution < 1.29 is 0 Å². The third kappa shape index (κ3) is 3.53. The van der Waals surface area contributed by atoms with Crippen LogP contribution in [-0.2, 0) is 0 Å². The molecular formula is C16H27N3. The van der Waals surface area contributed by atoms with Crippen molar-refractivity contribution in [2.45, 2.75) is 64.7 Å². The standard InChI is InChI=1S/C16H27N3/c1-11(2)14(10-17)16-18-12(3)9-15(19-16)13-7-5-4-6-8-13/h9,11,13-14H,4-8,10,17H2,1-3H3. The molecule has 1 aliphatic rings. The Hall–Kier alpha value is -0.960. The Bertz CT molecular complexity index is 408. The molecule has 0 amide bonds. The number of hydrogen-bond donors (Lipinski definition) is 1. The minimum absolute atomic E-state index is 0.280. The molecule has 1 heterocycles. The molecule has 1 aromatic heterocycles. The first-order chi connectivity index (χ1) is 9.11. The van der Waals surface area contributed by atoms with Crippen LogP contribution in [0.1, 0.15) is 75.0 Å². The molecular weight excluding hydrogens is 234 g/mol. The topological polar surface area (TPSA) is 51.8 Å². The van der Waals surface area contributed by atoms with Crippen LogP contribution in [0.5, 0.6) is 0 Å². The smallest absolute Gasteiger partial charge is 0.133 e. The van der Waals surface area contributed by atoms with Gasteiger partial charge >= 0.3 is 0 Å². The van der Waals surface area contributed by atoms with Crippen molar-refractivity contribution in [1.29, 1.82) is 0 Å². The van der Waals surface area contributed by atoms with Gasteiger partial charge in [-0.2, -0.15) is 0 Å². The van der Waals surface area contributed by atoms with E-state index in [0.29, 0.717) is 18.4 Å². The minimum atomic E-state index is 0.280. The highest BCUT2D eigenvalue weighted by Crippen LogP contribution is 2.32. The van der Waals surface area contributed by atoms with Crippen molar-refractivity contribution in [1.82, 2.24) is 9.97 Å². The van der Waals surface area contributed by atoms with Gasteiger partial charge in [-0.3, -0.25) is 0 Å². The van der Waals surface area contributed by atoms with Crippen LogP contribution in [-0.4, -0.2) is 16.5 Å². The van der Waals surface area contributed by atoms with Gasteiger partial charge in [-0.25, -0.2) is 9.97 Å². The maximum absolute atomic E-state index is 5.90. The summed E-state index contributed by atoms with van der Waals surface area (Å²) in [5.74, 6) is 2.37. The van der Waals surface area contributed by atoms with E-state index in [4.69, 9.17) is 10.7 Å². The molecule has 0 radical (unpaired) electrons. The lowest BCUT2D eigenvalue weighted by atomic mass is 9.86. The molecule has 2 rings (SSSR count). The normalized spacial score (nSPS) is 18.8. The maximum atomic E-state index is 5.90. The molecule has 0 aliphatic heterocycles. The molecule has 0 bridgehead atoms. The molecule has 19 heavy (non-hydrogen) atoms. The zero-order valence-corrected chi connectivity index (χ0v) is 12.5. The third-order valence-electron chi connectivity index (χ3n) is 4.31. The molecule has 1 aliphatic carbocycles. The van der Waals surface area contributed by atoms with Crippen molar-refractivity contribution in [2.24, 2.45) is 11.7 Å². The van der Waals surface area contributed by atoms with Gasteiger partial charge in [0, 0.05) is 29.8 Å². The van der Waals surface area contributed by atoms with Gasteiger partial charge in [-0.15, -0.1) is 0 Å². The summed E-state index contributed by atoms with van der Waals surface area (Å²) < 4.78 is 0.